The van der Waals surface area contributed by atoms with Crippen LogP contribution in [-0.4, -0.2) is 9.97 Å². The molecular weight excluding hydrogens is 200 g/mol. The SMILES string of the molecule is Cc1cccc(Nc2cc(N)ncn2)c1C. The molecule has 0 aliphatic rings. The van der Waals surface area contributed by atoms with Crippen molar-refractivity contribution in [2.75, 3.05) is 11.1 Å². The molecule has 0 atom stereocenters. The molecule has 1 aromatic carbocycles. The Hall–Kier alpha value is -2.10. The molecule has 0 aliphatic heterocycles. The van der Waals surface area contributed by atoms with Crippen LogP contribution >= 0.6 is 0 Å². The van der Waals surface area contributed by atoms with E-state index < -0.39 is 0 Å². The molecule has 1 heterocycles. The first-order valence-electron chi connectivity index (χ1n) is 5.07. The first-order valence-corrected chi connectivity index (χ1v) is 5.07. The zero-order chi connectivity index (χ0) is 11.5. The standard InChI is InChI=1S/C12H14N4/c1-8-4-3-5-10(9(8)2)16-12-6-11(13)14-7-15-12/h3-7H,1-2H3,(H3,13,14,15,16). The summed E-state index contributed by atoms with van der Waals surface area (Å²) >= 11 is 0. The van der Waals surface area contributed by atoms with Gasteiger partial charge in [0.15, 0.2) is 0 Å². The average molecular weight is 214 g/mol. The Balaban J connectivity index is 2.31. The largest absolute Gasteiger partial charge is 0.384 e. The van der Waals surface area contributed by atoms with Crippen molar-refractivity contribution in [2.45, 2.75) is 13.8 Å². The van der Waals surface area contributed by atoms with Crippen LogP contribution in [0, 0.1) is 13.8 Å². The number of hydrogen-bond donors (Lipinski definition) is 2. The maximum Gasteiger partial charge on any atom is 0.135 e. The highest BCUT2D eigenvalue weighted by molar-refractivity contribution is 5.63. The van der Waals surface area contributed by atoms with Gasteiger partial charge in [-0.3, -0.25) is 0 Å². The molecule has 2 aromatic rings. The molecule has 1 aromatic heterocycles. The van der Waals surface area contributed by atoms with Crippen molar-refractivity contribution in [3.8, 4) is 0 Å². The summed E-state index contributed by atoms with van der Waals surface area (Å²) in [5.41, 5.74) is 9.08. The van der Waals surface area contributed by atoms with Crippen LogP contribution in [0.4, 0.5) is 17.3 Å². The molecule has 0 bridgehead atoms. The lowest BCUT2D eigenvalue weighted by molar-refractivity contribution is 1.17. The highest BCUT2D eigenvalue weighted by Gasteiger charge is 2.02. The van der Waals surface area contributed by atoms with Gasteiger partial charge in [0.1, 0.15) is 18.0 Å². The van der Waals surface area contributed by atoms with Gasteiger partial charge in [-0.2, -0.15) is 0 Å². The van der Waals surface area contributed by atoms with Crippen molar-refractivity contribution < 1.29 is 0 Å². The van der Waals surface area contributed by atoms with Gasteiger partial charge in [-0.25, -0.2) is 9.97 Å². The van der Waals surface area contributed by atoms with E-state index in [1.807, 2.05) is 12.1 Å². The maximum atomic E-state index is 5.59. The molecule has 4 nitrogen and oxygen atoms in total. The van der Waals surface area contributed by atoms with E-state index in [0.29, 0.717) is 11.6 Å². The Labute approximate surface area is 94.5 Å². The zero-order valence-electron chi connectivity index (χ0n) is 9.36. The zero-order valence-corrected chi connectivity index (χ0v) is 9.36. The second-order valence-electron chi connectivity index (χ2n) is 3.70. The van der Waals surface area contributed by atoms with Crippen LogP contribution in [0.25, 0.3) is 0 Å². The van der Waals surface area contributed by atoms with E-state index in [1.54, 1.807) is 6.07 Å². The molecule has 0 saturated carbocycles. The first-order chi connectivity index (χ1) is 7.66. The quantitative estimate of drug-likeness (QED) is 0.805. The summed E-state index contributed by atoms with van der Waals surface area (Å²) in [5.74, 6) is 1.17. The lowest BCUT2D eigenvalue weighted by atomic mass is 10.1. The molecule has 4 heteroatoms. The van der Waals surface area contributed by atoms with Crippen molar-refractivity contribution in [1.82, 2.24) is 9.97 Å². The van der Waals surface area contributed by atoms with E-state index in [0.717, 1.165) is 5.69 Å². The van der Waals surface area contributed by atoms with Gasteiger partial charge in [-0.1, -0.05) is 12.1 Å². The number of nitrogens with one attached hydrogen (secondary N) is 1. The van der Waals surface area contributed by atoms with Gasteiger partial charge in [0.2, 0.25) is 0 Å². The summed E-state index contributed by atoms with van der Waals surface area (Å²) in [6.45, 7) is 4.15. The number of nitrogens with two attached hydrogens (primary N) is 1. The number of nitrogen functional groups attached to an aromatic ring is 1. The molecule has 0 radical (unpaired) electrons. The number of benzene rings is 1. The van der Waals surface area contributed by atoms with Crippen LogP contribution in [0.1, 0.15) is 11.1 Å². The van der Waals surface area contributed by atoms with E-state index in [-0.39, 0.29) is 0 Å². The third-order valence-electron chi connectivity index (χ3n) is 2.56. The lowest BCUT2D eigenvalue weighted by Gasteiger charge is -2.10. The second kappa shape index (κ2) is 4.18. The minimum absolute atomic E-state index is 0.461. The summed E-state index contributed by atoms with van der Waals surface area (Å²) in [5, 5.41) is 3.22. The van der Waals surface area contributed by atoms with Gasteiger partial charge in [0.25, 0.3) is 0 Å². The predicted octanol–water partition coefficient (Wildman–Crippen LogP) is 2.42. The van der Waals surface area contributed by atoms with Crippen molar-refractivity contribution in [3.05, 3.63) is 41.7 Å². The topological polar surface area (TPSA) is 63.8 Å². The van der Waals surface area contributed by atoms with Crippen LogP contribution < -0.4 is 11.1 Å². The molecule has 0 fully saturated rings. The van der Waals surface area contributed by atoms with Crippen molar-refractivity contribution >= 4 is 17.3 Å². The molecule has 0 spiro atoms. The highest BCUT2D eigenvalue weighted by atomic mass is 15.0. The van der Waals surface area contributed by atoms with Gasteiger partial charge >= 0.3 is 0 Å². The fourth-order valence-corrected chi connectivity index (χ4v) is 1.47. The maximum absolute atomic E-state index is 5.59. The number of rotatable bonds is 2. The first kappa shape index (κ1) is 10.4. The Kier molecular flexibility index (Phi) is 2.72. The molecular formula is C12H14N4. The molecule has 0 aliphatic carbocycles. The number of nitrogens with zero attached hydrogens (tertiary/aromatic N) is 2. The smallest absolute Gasteiger partial charge is 0.135 e. The number of hydrogen-bond acceptors (Lipinski definition) is 4. The minimum atomic E-state index is 0.461. The normalized spacial score (nSPS) is 10.1. The van der Waals surface area contributed by atoms with Crippen LogP contribution in [0.3, 0.4) is 0 Å². The number of aryl methyl sites for hydroxylation is 1. The molecule has 0 saturated heterocycles. The van der Waals surface area contributed by atoms with Crippen molar-refractivity contribution in [2.24, 2.45) is 0 Å². The van der Waals surface area contributed by atoms with Crippen LogP contribution in [0.5, 0.6) is 0 Å². The van der Waals surface area contributed by atoms with Gasteiger partial charge in [-0.15, -0.1) is 0 Å². The fourth-order valence-electron chi connectivity index (χ4n) is 1.47. The summed E-state index contributed by atoms with van der Waals surface area (Å²) in [6.07, 6.45) is 1.45. The Morgan fingerprint density at radius 3 is 2.75 bits per heavy atom. The molecule has 3 N–H and O–H groups in total. The van der Waals surface area contributed by atoms with E-state index in [9.17, 15) is 0 Å². The second-order valence-corrected chi connectivity index (χ2v) is 3.70. The van der Waals surface area contributed by atoms with Crippen LogP contribution in [-0.2, 0) is 0 Å². The van der Waals surface area contributed by atoms with Crippen molar-refractivity contribution in [3.63, 3.8) is 0 Å². The van der Waals surface area contributed by atoms with E-state index in [1.165, 1.54) is 17.5 Å². The Morgan fingerprint density at radius 2 is 2.00 bits per heavy atom. The molecule has 0 unspecified atom stereocenters. The minimum Gasteiger partial charge on any atom is -0.384 e. The molecule has 82 valence electrons. The molecule has 2 rings (SSSR count). The number of aromatic nitrogens is 2. The van der Waals surface area contributed by atoms with Gasteiger partial charge in [-0.05, 0) is 31.0 Å². The van der Waals surface area contributed by atoms with Gasteiger partial charge in [0.05, 0.1) is 0 Å². The van der Waals surface area contributed by atoms with E-state index in [4.69, 9.17) is 5.73 Å². The van der Waals surface area contributed by atoms with Gasteiger partial charge < -0.3 is 11.1 Å². The van der Waals surface area contributed by atoms with E-state index >= 15 is 0 Å². The van der Waals surface area contributed by atoms with Crippen molar-refractivity contribution in [1.29, 1.82) is 0 Å². The third kappa shape index (κ3) is 2.11. The number of anilines is 3. The summed E-state index contributed by atoms with van der Waals surface area (Å²) in [4.78, 5) is 7.95. The lowest BCUT2D eigenvalue weighted by Crippen LogP contribution is -1.99. The molecule has 16 heavy (non-hydrogen) atoms. The average Bonchev–Trinajstić information content (AvgIpc) is 2.25. The Morgan fingerprint density at radius 1 is 1.19 bits per heavy atom. The van der Waals surface area contributed by atoms with E-state index in [2.05, 4.69) is 35.2 Å². The summed E-state index contributed by atoms with van der Waals surface area (Å²) in [6, 6.07) is 7.81. The fraction of sp³-hybridized carbons (Fsp3) is 0.167. The van der Waals surface area contributed by atoms with Crippen LogP contribution in [0.15, 0.2) is 30.6 Å². The Bertz CT molecular complexity index is 508. The van der Waals surface area contributed by atoms with Crippen LogP contribution in [0.2, 0.25) is 0 Å². The monoisotopic (exact) mass is 214 g/mol. The third-order valence-corrected chi connectivity index (χ3v) is 2.56. The summed E-state index contributed by atoms with van der Waals surface area (Å²) < 4.78 is 0. The van der Waals surface area contributed by atoms with Gasteiger partial charge in [0, 0.05) is 11.8 Å². The highest BCUT2D eigenvalue weighted by Crippen LogP contribution is 2.21. The summed E-state index contributed by atoms with van der Waals surface area (Å²) in [7, 11) is 0. The molecule has 0 amide bonds. The predicted molar refractivity (Wildman–Crippen MR) is 65.6 cm³/mol.